The van der Waals surface area contributed by atoms with Gasteiger partial charge in [-0.3, -0.25) is 14.8 Å². The summed E-state index contributed by atoms with van der Waals surface area (Å²) in [6, 6.07) is 3.53. The number of hydrogen-bond donors (Lipinski definition) is 1. The van der Waals surface area contributed by atoms with Gasteiger partial charge in [0.1, 0.15) is 11.2 Å². The number of carbonyl (C=O) groups excluding carboxylic acids is 1. The predicted molar refractivity (Wildman–Crippen MR) is 106 cm³/mol. The molecular weight excluding hydrogens is 400 g/mol. The standard InChI is InChI=1S/C19H21F2N5O2S/c1-11-8-25-14(9-24-11)15(27)5-12-3-4-23-16(6-12)19(2)7-13(10-28-17(20)21)29-18(22)26-19/h3-4,6,8-9,13,17H,5,7,10H2,1-2H3,(H2,22,26)/t13-,19-/m0/s1. The molecule has 29 heavy (non-hydrogen) atoms. The molecule has 1 aliphatic rings. The molecule has 2 aromatic rings. The zero-order valence-corrected chi connectivity index (χ0v) is 16.8. The summed E-state index contributed by atoms with van der Waals surface area (Å²) in [6.45, 7) is 0.664. The second kappa shape index (κ2) is 8.91. The maximum Gasteiger partial charge on any atom is 0.345 e. The molecule has 7 nitrogen and oxygen atoms in total. The van der Waals surface area contributed by atoms with E-state index in [-0.39, 0.29) is 24.1 Å². The Hall–Kier alpha value is -2.46. The summed E-state index contributed by atoms with van der Waals surface area (Å²) >= 11 is 1.21. The molecule has 3 rings (SSSR count). The summed E-state index contributed by atoms with van der Waals surface area (Å²) in [5.74, 6) is -0.162. The number of thioether (sulfide) groups is 1. The van der Waals surface area contributed by atoms with Crippen molar-refractivity contribution in [2.75, 3.05) is 6.61 Å². The summed E-state index contributed by atoms with van der Waals surface area (Å²) in [5, 5.41) is 0.0150. The number of aliphatic imine (C=N–C) groups is 1. The molecule has 10 heteroatoms. The van der Waals surface area contributed by atoms with Crippen molar-refractivity contribution in [2.45, 2.75) is 44.1 Å². The second-order valence-electron chi connectivity index (χ2n) is 6.95. The minimum Gasteiger partial charge on any atom is -0.379 e. The van der Waals surface area contributed by atoms with Gasteiger partial charge in [-0.2, -0.15) is 8.78 Å². The van der Waals surface area contributed by atoms with Crippen molar-refractivity contribution in [3.8, 4) is 0 Å². The number of aryl methyl sites for hydroxylation is 1. The van der Waals surface area contributed by atoms with Crippen molar-refractivity contribution in [1.29, 1.82) is 0 Å². The Labute approximate surface area is 171 Å². The molecule has 0 bridgehead atoms. The van der Waals surface area contributed by atoms with Gasteiger partial charge in [-0.05, 0) is 38.0 Å². The fraction of sp³-hybridized carbons (Fsp3) is 0.421. The Morgan fingerprint density at radius 2 is 2.17 bits per heavy atom. The van der Waals surface area contributed by atoms with Crippen LogP contribution in [0.2, 0.25) is 0 Å². The van der Waals surface area contributed by atoms with Gasteiger partial charge < -0.3 is 10.5 Å². The highest BCUT2D eigenvalue weighted by atomic mass is 32.2. The molecule has 0 fully saturated rings. The topological polar surface area (TPSA) is 103 Å². The van der Waals surface area contributed by atoms with E-state index < -0.39 is 12.2 Å². The van der Waals surface area contributed by atoms with Crippen LogP contribution in [-0.2, 0) is 16.7 Å². The van der Waals surface area contributed by atoms with Gasteiger partial charge in [0.15, 0.2) is 11.0 Å². The average molecular weight is 421 g/mol. The highest BCUT2D eigenvalue weighted by Crippen LogP contribution is 2.38. The molecule has 1 aliphatic heterocycles. The fourth-order valence-electron chi connectivity index (χ4n) is 3.10. The van der Waals surface area contributed by atoms with E-state index in [0.717, 1.165) is 11.3 Å². The lowest BCUT2D eigenvalue weighted by Crippen LogP contribution is -2.36. The lowest BCUT2D eigenvalue weighted by atomic mass is 9.90. The molecule has 0 radical (unpaired) electrons. The van der Waals surface area contributed by atoms with E-state index in [4.69, 9.17) is 5.73 Å². The summed E-state index contributed by atoms with van der Waals surface area (Å²) in [4.78, 5) is 29.6. The third kappa shape index (κ3) is 5.54. The van der Waals surface area contributed by atoms with Crippen molar-refractivity contribution in [3.05, 3.63) is 53.4 Å². The van der Waals surface area contributed by atoms with Crippen LogP contribution in [0, 0.1) is 6.92 Å². The minimum absolute atomic E-state index is 0.134. The Bertz CT molecular complexity index is 910. The van der Waals surface area contributed by atoms with Gasteiger partial charge in [0, 0.05) is 24.1 Å². The zero-order chi connectivity index (χ0) is 21.0. The number of Topliss-reactive ketones (excluding diaryl/α,β-unsaturated/α-hetero) is 1. The highest BCUT2D eigenvalue weighted by Gasteiger charge is 2.36. The van der Waals surface area contributed by atoms with Gasteiger partial charge in [0.2, 0.25) is 0 Å². The number of alkyl halides is 2. The van der Waals surface area contributed by atoms with Crippen molar-refractivity contribution >= 4 is 22.7 Å². The zero-order valence-electron chi connectivity index (χ0n) is 16.0. The van der Waals surface area contributed by atoms with Gasteiger partial charge in [-0.1, -0.05) is 11.8 Å². The third-order valence-electron chi connectivity index (χ3n) is 4.49. The van der Waals surface area contributed by atoms with Crippen molar-refractivity contribution < 1.29 is 18.3 Å². The number of carbonyl (C=O) groups is 1. The first kappa shape index (κ1) is 21.3. The molecule has 3 heterocycles. The number of aromatic nitrogens is 3. The Morgan fingerprint density at radius 3 is 2.86 bits per heavy atom. The normalized spacial score (nSPS) is 21.8. The predicted octanol–water partition coefficient (Wildman–Crippen LogP) is 2.88. The van der Waals surface area contributed by atoms with Gasteiger partial charge in [0.25, 0.3) is 0 Å². The number of nitrogens with zero attached hydrogens (tertiary/aromatic N) is 4. The van der Waals surface area contributed by atoms with E-state index in [0.29, 0.717) is 23.0 Å². The Balaban J connectivity index is 1.77. The Kier molecular flexibility index (Phi) is 6.53. The lowest BCUT2D eigenvalue weighted by Gasteiger charge is -2.33. The van der Waals surface area contributed by atoms with E-state index in [1.165, 1.54) is 18.0 Å². The molecule has 0 aliphatic carbocycles. The van der Waals surface area contributed by atoms with Crippen molar-refractivity contribution in [1.82, 2.24) is 15.0 Å². The summed E-state index contributed by atoms with van der Waals surface area (Å²) in [6.07, 6.45) is 5.17. The molecule has 2 aromatic heterocycles. The summed E-state index contributed by atoms with van der Waals surface area (Å²) < 4.78 is 29.2. The summed E-state index contributed by atoms with van der Waals surface area (Å²) in [5.41, 5.74) is 7.51. The molecule has 0 saturated carbocycles. The number of nitrogens with two attached hydrogens (primary N) is 1. The minimum atomic E-state index is -2.83. The van der Waals surface area contributed by atoms with Crippen LogP contribution < -0.4 is 5.73 Å². The first-order valence-electron chi connectivity index (χ1n) is 8.94. The lowest BCUT2D eigenvalue weighted by molar-refractivity contribution is -0.128. The smallest absolute Gasteiger partial charge is 0.345 e. The van der Waals surface area contributed by atoms with Gasteiger partial charge >= 0.3 is 6.61 Å². The molecule has 0 saturated heterocycles. The van der Waals surface area contributed by atoms with Crippen LogP contribution >= 0.6 is 11.8 Å². The molecular formula is C19H21F2N5O2S. The van der Waals surface area contributed by atoms with Crippen LogP contribution in [0.25, 0.3) is 0 Å². The van der Waals surface area contributed by atoms with Crippen molar-refractivity contribution in [2.24, 2.45) is 10.7 Å². The monoisotopic (exact) mass is 421 g/mol. The quantitative estimate of drug-likeness (QED) is 0.686. The molecule has 154 valence electrons. The van der Waals surface area contributed by atoms with E-state index in [2.05, 4.69) is 24.7 Å². The third-order valence-corrected chi connectivity index (χ3v) is 5.45. The SMILES string of the molecule is Cc1cnc(C(=O)Cc2ccnc([C@]3(C)C[C@@H](COC(F)F)SC(N)=N3)c2)cn1. The number of hydrogen-bond acceptors (Lipinski definition) is 8. The van der Waals surface area contributed by atoms with Crippen LogP contribution in [0.15, 0.2) is 35.7 Å². The second-order valence-corrected chi connectivity index (χ2v) is 8.27. The molecule has 0 amide bonds. The van der Waals surface area contributed by atoms with Gasteiger partial charge in [-0.25, -0.2) is 9.98 Å². The highest BCUT2D eigenvalue weighted by molar-refractivity contribution is 8.14. The number of halogens is 2. The molecule has 2 atom stereocenters. The first-order chi connectivity index (χ1) is 13.7. The number of amidine groups is 1. The largest absolute Gasteiger partial charge is 0.379 e. The maximum absolute atomic E-state index is 12.5. The van der Waals surface area contributed by atoms with Crippen LogP contribution in [0.3, 0.4) is 0 Å². The molecule has 0 unspecified atom stereocenters. The van der Waals surface area contributed by atoms with Crippen LogP contribution in [0.1, 0.15) is 40.8 Å². The van der Waals surface area contributed by atoms with Gasteiger partial charge in [-0.15, -0.1) is 0 Å². The number of ether oxygens (including phenoxy) is 1. The summed E-state index contributed by atoms with van der Waals surface area (Å²) in [7, 11) is 0. The van der Waals surface area contributed by atoms with E-state index in [1.54, 1.807) is 31.5 Å². The van der Waals surface area contributed by atoms with Crippen molar-refractivity contribution in [3.63, 3.8) is 0 Å². The van der Waals surface area contributed by atoms with E-state index in [1.807, 2.05) is 6.92 Å². The number of pyridine rings is 1. The molecule has 2 N–H and O–H groups in total. The van der Waals surface area contributed by atoms with Crippen LogP contribution in [0.4, 0.5) is 8.78 Å². The van der Waals surface area contributed by atoms with E-state index in [9.17, 15) is 13.6 Å². The van der Waals surface area contributed by atoms with E-state index >= 15 is 0 Å². The van der Waals surface area contributed by atoms with Gasteiger partial charge in [0.05, 0.1) is 24.2 Å². The maximum atomic E-state index is 12.5. The molecule has 0 spiro atoms. The average Bonchev–Trinajstić information content (AvgIpc) is 2.66. The first-order valence-corrected chi connectivity index (χ1v) is 9.82. The van der Waals surface area contributed by atoms with Crippen LogP contribution in [-0.4, -0.2) is 44.4 Å². The molecule has 0 aromatic carbocycles. The number of rotatable bonds is 7. The Morgan fingerprint density at radius 1 is 1.38 bits per heavy atom. The van der Waals surface area contributed by atoms with Crippen LogP contribution in [0.5, 0.6) is 0 Å². The fourth-order valence-corrected chi connectivity index (χ4v) is 4.25. The number of ketones is 1.